The van der Waals surface area contributed by atoms with Crippen LogP contribution in [0.2, 0.25) is 0 Å². The summed E-state index contributed by atoms with van der Waals surface area (Å²) in [5.41, 5.74) is -0.760. The molecule has 38 heavy (non-hydrogen) atoms. The molecule has 2 saturated heterocycles. The van der Waals surface area contributed by atoms with Gasteiger partial charge in [0.25, 0.3) is 0 Å². The summed E-state index contributed by atoms with van der Waals surface area (Å²) < 4.78 is 0.654. The van der Waals surface area contributed by atoms with Crippen LogP contribution >= 0.6 is 34.9 Å². The molecule has 3 N–H and O–H groups in total. The van der Waals surface area contributed by atoms with Gasteiger partial charge in [0.1, 0.15) is 27.8 Å². The fraction of sp³-hybridized carbons (Fsp3) is 0.435. The van der Waals surface area contributed by atoms with Gasteiger partial charge in [-0.05, 0) is 26.0 Å². The van der Waals surface area contributed by atoms with Crippen molar-refractivity contribution in [2.24, 2.45) is 11.3 Å². The number of nitrogens with one attached hydrogen (secondary N) is 1. The van der Waals surface area contributed by atoms with E-state index in [0.717, 1.165) is 5.01 Å². The van der Waals surface area contributed by atoms with Crippen LogP contribution in [0.1, 0.15) is 18.9 Å². The summed E-state index contributed by atoms with van der Waals surface area (Å²) in [7, 11) is 0. The molecule has 2 aliphatic rings. The van der Waals surface area contributed by atoms with Crippen molar-refractivity contribution in [2.75, 3.05) is 28.3 Å². The molecule has 1 aromatic carbocycles. The first-order valence-corrected chi connectivity index (χ1v) is 14.3. The lowest BCUT2D eigenvalue weighted by Gasteiger charge is -2.56. The van der Waals surface area contributed by atoms with E-state index in [9.17, 15) is 29.1 Å². The van der Waals surface area contributed by atoms with Gasteiger partial charge in [-0.1, -0.05) is 35.2 Å². The molecule has 15 heteroatoms. The molecule has 0 aliphatic carbocycles. The fourth-order valence-electron chi connectivity index (χ4n) is 4.18. The number of β-lactam (4-membered cyclic amide) rings is 1. The number of carboxylic acid groups (broad SMARTS) is 2. The van der Waals surface area contributed by atoms with Gasteiger partial charge in [-0.15, -0.1) is 22.0 Å². The number of aryl methyl sites for hydroxylation is 1. The van der Waals surface area contributed by atoms with Crippen LogP contribution in [-0.4, -0.2) is 84.4 Å². The minimum absolute atomic E-state index is 0.0135. The molecular weight excluding hydrogens is 554 g/mol. The van der Waals surface area contributed by atoms with E-state index in [1.165, 1.54) is 64.6 Å². The van der Waals surface area contributed by atoms with Gasteiger partial charge in [-0.2, -0.15) is 0 Å². The number of carboxylic acids is 2. The number of amides is 3. The molecule has 0 saturated carbocycles. The molecule has 4 atom stereocenters. The van der Waals surface area contributed by atoms with Crippen molar-refractivity contribution in [3.8, 4) is 0 Å². The predicted octanol–water partition coefficient (Wildman–Crippen LogP) is 2.01. The van der Waals surface area contributed by atoms with Gasteiger partial charge in [0.2, 0.25) is 17.7 Å². The zero-order valence-electron chi connectivity index (χ0n) is 20.6. The third kappa shape index (κ3) is 5.22. The molecule has 2 fully saturated rings. The molecular formula is C23H25N5O7S3. The maximum absolute atomic E-state index is 13.4. The zero-order valence-corrected chi connectivity index (χ0v) is 23.1. The van der Waals surface area contributed by atoms with Crippen LogP contribution in [0.5, 0.6) is 0 Å². The Bertz CT molecular complexity index is 1300. The number of rotatable bonds is 9. The lowest BCUT2D eigenvalue weighted by Crippen LogP contribution is -2.74. The average molecular weight is 580 g/mol. The molecule has 12 nitrogen and oxygen atoms in total. The first kappa shape index (κ1) is 27.9. The topological polar surface area (TPSA) is 170 Å². The molecule has 2 aromatic rings. The Morgan fingerprint density at radius 1 is 1.26 bits per heavy atom. The Kier molecular flexibility index (Phi) is 7.99. The lowest BCUT2D eigenvalue weighted by molar-refractivity contribution is -0.156. The van der Waals surface area contributed by atoms with Crippen molar-refractivity contribution in [2.45, 2.75) is 36.5 Å². The van der Waals surface area contributed by atoms with Crippen LogP contribution in [0.3, 0.4) is 0 Å². The van der Waals surface area contributed by atoms with E-state index >= 15 is 0 Å². The Morgan fingerprint density at radius 3 is 2.58 bits per heavy atom. The van der Waals surface area contributed by atoms with E-state index in [-0.39, 0.29) is 29.4 Å². The number of hydrogen-bond acceptors (Lipinski definition) is 10. The number of fused-ring (bicyclic) bond motifs is 1. The second kappa shape index (κ2) is 10.9. The van der Waals surface area contributed by atoms with Crippen LogP contribution in [-0.2, 0) is 24.0 Å². The summed E-state index contributed by atoms with van der Waals surface area (Å²) >= 11 is 3.95. The van der Waals surface area contributed by atoms with Gasteiger partial charge >= 0.3 is 11.9 Å². The van der Waals surface area contributed by atoms with Crippen LogP contribution in [0, 0.1) is 18.3 Å². The van der Waals surface area contributed by atoms with Crippen molar-refractivity contribution in [3.05, 3.63) is 29.3 Å². The zero-order chi connectivity index (χ0) is 27.8. The highest BCUT2D eigenvalue weighted by atomic mass is 32.2. The van der Waals surface area contributed by atoms with E-state index in [2.05, 4.69) is 15.5 Å². The number of aromatic nitrogens is 2. The quantitative estimate of drug-likeness (QED) is 0.226. The Morgan fingerprint density at radius 2 is 1.97 bits per heavy atom. The maximum Gasteiger partial charge on any atom is 0.315 e. The van der Waals surface area contributed by atoms with Gasteiger partial charge in [0.15, 0.2) is 4.34 Å². The Hall–Kier alpha value is -3.17. The van der Waals surface area contributed by atoms with Gasteiger partial charge in [-0.25, -0.2) is 0 Å². The molecule has 0 radical (unpaired) electrons. The highest BCUT2D eigenvalue weighted by molar-refractivity contribution is 8.01. The van der Waals surface area contributed by atoms with Crippen molar-refractivity contribution < 1.29 is 34.2 Å². The first-order chi connectivity index (χ1) is 17.9. The van der Waals surface area contributed by atoms with Gasteiger partial charge < -0.3 is 20.4 Å². The molecule has 1 aromatic heterocycles. The lowest BCUT2D eigenvalue weighted by atomic mass is 9.89. The number of aliphatic carboxylic acids is 2. The molecule has 0 bridgehead atoms. The van der Waals surface area contributed by atoms with E-state index in [1.54, 1.807) is 18.2 Å². The summed E-state index contributed by atoms with van der Waals surface area (Å²) in [6.45, 7) is 4.34. The number of hydrogen-bond donors (Lipinski definition) is 3. The second-order valence-electron chi connectivity index (χ2n) is 9.03. The average Bonchev–Trinajstić information content (AvgIpc) is 3.30. The van der Waals surface area contributed by atoms with Gasteiger partial charge in [-0.3, -0.25) is 28.9 Å². The SMILES string of the molecule is CC(=O)N(c1ccccc1NC(=O)C(C)C(=O)O)C1C(=O)N2CC(CSc3nnc(C)s3)(C(=O)O)CS[C@H]12. The van der Waals surface area contributed by atoms with E-state index in [1.807, 2.05) is 6.92 Å². The summed E-state index contributed by atoms with van der Waals surface area (Å²) in [4.78, 5) is 64.9. The van der Waals surface area contributed by atoms with Crippen molar-refractivity contribution in [1.82, 2.24) is 15.1 Å². The number of carbonyl (C=O) groups excluding carboxylic acids is 3. The van der Waals surface area contributed by atoms with Gasteiger partial charge in [0.05, 0.1) is 11.4 Å². The standard InChI is InChI=1S/C23H25N5O7S3/c1-11(20(32)33)17(30)24-14-6-4-5-7-15(14)28(13(3)29)16-18(31)27-8-23(21(34)35,9-36-19(16)27)10-37-22-26-25-12(2)38-22/h4-7,11,16,19H,8-10H2,1-3H3,(H,24,30)(H,32,33)(H,34,35)/t11?,16?,19-,23?/m1/s1. The monoisotopic (exact) mass is 579 g/mol. The van der Waals surface area contributed by atoms with Crippen molar-refractivity contribution in [1.29, 1.82) is 0 Å². The highest BCUT2D eigenvalue weighted by Gasteiger charge is 2.59. The minimum Gasteiger partial charge on any atom is -0.481 e. The smallest absolute Gasteiger partial charge is 0.315 e. The summed E-state index contributed by atoms with van der Waals surface area (Å²) in [6.07, 6.45) is 0. The number of para-hydroxylation sites is 2. The molecule has 202 valence electrons. The third-order valence-electron chi connectivity index (χ3n) is 6.35. The van der Waals surface area contributed by atoms with Crippen LogP contribution < -0.4 is 10.2 Å². The Balaban J connectivity index is 1.55. The molecule has 3 unspecified atom stereocenters. The molecule has 3 heterocycles. The van der Waals surface area contributed by atoms with Crippen molar-refractivity contribution in [3.63, 3.8) is 0 Å². The van der Waals surface area contributed by atoms with E-state index in [0.29, 0.717) is 4.34 Å². The van der Waals surface area contributed by atoms with Crippen LogP contribution in [0.25, 0.3) is 0 Å². The van der Waals surface area contributed by atoms with Crippen LogP contribution in [0.15, 0.2) is 28.6 Å². The molecule has 0 spiro atoms. The Labute approximate surface area is 230 Å². The van der Waals surface area contributed by atoms with E-state index < -0.39 is 52.4 Å². The van der Waals surface area contributed by atoms with Gasteiger partial charge in [0, 0.05) is 25.0 Å². The van der Waals surface area contributed by atoms with Crippen molar-refractivity contribution >= 4 is 75.9 Å². The number of thioether (sulfide) groups is 2. The molecule has 4 rings (SSSR count). The summed E-state index contributed by atoms with van der Waals surface area (Å²) in [6, 6.07) is 5.43. The normalized spacial score (nSPS) is 23.1. The number of benzene rings is 1. The first-order valence-electron chi connectivity index (χ1n) is 11.5. The minimum atomic E-state index is -1.32. The summed E-state index contributed by atoms with van der Waals surface area (Å²) in [5, 5.41) is 30.1. The summed E-state index contributed by atoms with van der Waals surface area (Å²) in [5.74, 6) is -4.83. The maximum atomic E-state index is 13.4. The third-order valence-corrected chi connectivity index (χ3v) is 10.2. The van der Waals surface area contributed by atoms with Crippen LogP contribution in [0.4, 0.5) is 11.4 Å². The fourth-order valence-corrected chi connectivity index (χ4v) is 7.90. The number of anilines is 2. The predicted molar refractivity (Wildman–Crippen MR) is 142 cm³/mol. The number of carbonyl (C=O) groups is 5. The second-order valence-corrected chi connectivity index (χ2v) is 12.5. The number of nitrogens with zero attached hydrogens (tertiary/aromatic N) is 4. The molecule has 2 aliphatic heterocycles. The van der Waals surface area contributed by atoms with E-state index in [4.69, 9.17) is 5.11 Å². The highest BCUT2D eigenvalue weighted by Crippen LogP contribution is 2.47. The molecule has 3 amide bonds. The largest absolute Gasteiger partial charge is 0.481 e.